The Bertz CT molecular complexity index is 794. The number of hydrogen-bond donors (Lipinski definition) is 2. The molecule has 0 radical (unpaired) electrons. The lowest BCUT2D eigenvalue weighted by Gasteiger charge is -2.07. The van der Waals surface area contributed by atoms with Crippen LogP contribution in [0.4, 0.5) is 0 Å². The molecule has 1 heterocycles. The third-order valence-electron chi connectivity index (χ3n) is 3.29. The molecule has 0 atom stereocenters. The molecule has 0 aliphatic heterocycles. The van der Waals surface area contributed by atoms with Crippen LogP contribution in [0.25, 0.3) is 11.1 Å². The molecule has 5 nitrogen and oxygen atoms in total. The standard InChI is InChI=1S/C18H14N2O3/c21-17(19-20-18(22)16-7-4-12-23-16)15-10-8-14(9-11-15)13-5-2-1-3-6-13/h1-12H,(H,19,21)(H,20,22). The average molecular weight is 306 g/mol. The van der Waals surface area contributed by atoms with Crippen LogP contribution in [0.5, 0.6) is 0 Å². The molecule has 2 aromatic carbocycles. The molecule has 2 N–H and O–H groups in total. The molecule has 5 heteroatoms. The number of benzene rings is 2. The van der Waals surface area contributed by atoms with Crippen molar-refractivity contribution in [3.8, 4) is 11.1 Å². The second kappa shape index (κ2) is 6.62. The van der Waals surface area contributed by atoms with Crippen molar-refractivity contribution in [3.63, 3.8) is 0 Å². The van der Waals surface area contributed by atoms with E-state index in [0.717, 1.165) is 11.1 Å². The summed E-state index contributed by atoms with van der Waals surface area (Å²) in [6.45, 7) is 0. The second-order valence-electron chi connectivity index (χ2n) is 4.83. The predicted octanol–water partition coefficient (Wildman–Crippen LogP) is 3.02. The summed E-state index contributed by atoms with van der Waals surface area (Å²) in [4.78, 5) is 23.7. The van der Waals surface area contributed by atoms with E-state index in [9.17, 15) is 9.59 Å². The first-order valence-electron chi connectivity index (χ1n) is 7.04. The molecule has 3 aromatic rings. The lowest BCUT2D eigenvalue weighted by atomic mass is 10.0. The van der Waals surface area contributed by atoms with Gasteiger partial charge < -0.3 is 4.42 Å². The van der Waals surface area contributed by atoms with E-state index in [0.29, 0.717) is 5.56 Å². The van der Waals surface area contributed by atoms with Crippen LogP contribution in [-0.4, -0.2) is 11.8 Å². The van der Waals surface area contributed by atoms with Crippen molar-refractivity contribution in [1.29, 1.82) is 0 Å². The molecular weight excluding hydrogens is 292 g/mol. The Morgan fingerprint density at radius 1 is 0.696 bits per heavy atom. The second-order valence-corrected chi connectivity index (χ2v) is 4.83. The number of rotatable bonds is 3. The van der Waals surface area contributed by atoms with Gasteiger partial charge in [-0.1, -0.05) is 42.5 Å². The minimum absolute atomic E-state index is 0.129. The minimum atomic E-state index is -0.510. The molecule has 0 aliphatic carbocycles. The first-order valence-corrected chi connectivity index (χ1v) is 7.04. The van der Waals surface area contributed by atoms with E-state index >= 15 is 0 Å². The van der Waals surface area contributed by atoms with Gasteiger partial charge in [0.05, 0.1) is 6.26 Å². The van der Waals surface area contributed by atoms with E-state index < -0.39 is 11.8 Å². The van der Waals surface area contributed by atoms with Crippen LogP contribution < -0.4 is 10.9 Å². The highest BCUT2D eigenvalue weighted by Crippen LogP contribution is 2.19. The van der Waals surface area contributed by atoms with Crippen LogP contribution in [-0.2, 0) is 0 Å². The molecule has 2 amide bonds. The van der Waals surface area contributed by atoms with Crippen molar-refractivity contribution in [2.24, 2.45) is 0 Å². The molecule has 0 saturated heterocycles. The molecule has 0 bridgehead atoms. The molecule has 3 rings (SSSR count). The van der Waals surface area contributed by atoms with Crippen LogP contribution in [0.15, 0.2) is 77.4 Å². The molecule has 1 aromatic heterocycles. The SMILES string of the molecule is O=C(NNC(=O)c1ccco1)c1ccc(-c2ccccc2)cc1. The Morgan fingerprint density at radius 3 is 2.00 bits per heavy atom. The Kier molecular flexibility index (Phi) is 4.20. The van der Waals surface area contributed by atoms with Gasteiger partial charge in [0, 0.05) is 5.56 Å². The Balaban J connectivity index is 1.63. The number of furan rings is 1. The number of amides is 2. The highest BCUT2D eigenvalue weighted by molar-refractivity contribution is 5.98. The van der Waals surface area contributed by atoms with Gasteiger partial charge in [0.25, 0.3) is 5.91 Å². The Morgan fingerprint density at radius 2 is 1.35 bits per heavy atom. The number of hydrogen-bond acceptors (Lipinski definition) is 3. The highest BCUT2D eigenvalue weighted by Gasteiger charge is 2.11. The number of nitrogens with one attached hydrogen (secondary N) is 2. The van der Waals surface area contributed by atoms with Gasteiger partial charge in [0.1, 0.15) is 0 Å². The quantitative estimate of drug-likeness (QED) is 0.731. The van der Waals surface area contributed by atoms with E-state index in [2.05, 4.69) is 10.9 Å². The van der Waals surface area contributed by atoms with Crippen molar-refractivity contribution in [1.82, 2.24) is 10.9 Å². The Labute approximate surface area is 132 Å². The van der Waals surface area contributed by atoms with E-state index in [1.807, 2.05) is 42.5 Å². The van der Waals surface area contributed by atoms with Gasteiger partial charge in [-0.3, -0.25) is 20.4 Å². The zero-order valence-corrected chi connectivity index (χ0v) is 12.2. The maximum absolute atomic E-state index is 12.0. The first-order chi connectivity index (χ1) is 11.2. The van der Waals surface area contributed by atoms with Crippen molar-refractivity contribution >= 4 is 11.8 Å². The first kappa shape index (κ1) is 14.6. The fourth-order valence-electron chi connectivity index (χ4n) is 2.10. The smallest absolute Gasteiger partial charge is 0.305 e. The number of hydrazine groups is 1. The largest absolute Gasteiger partial charge is 0.459 e. The van der Waals surface area contributed by atoms with Crippen LogP contribution in [0.2, 0.25) is 0 Å². The zero-order valence-electron chi connectivity index (χ0n) is 12.2. The lowest BCUT2D eigenvalue weighted by molar-refractivity contribution is 0.0831. The highest BCUT2D eigenvalue weighted by atomic mass is 16.3. The van der Waals surface area contributed by atoms with Gasteiger partial charge in [-0.25, -0.2) is 0 Å². The van der Waals surface area contributed by atoms with Crippen LogP contribution >= 0.6 is 0 Å². The van der Waals surface area contributed by atoms with Crippen LogP contribution in [0.1, 0.15) is 20.9 Å². The summed E-state index contributed by atoms with van der Waals surface area (Å²) in [5.41, 5.74) is 7.18. The Hall–Kier alpha value is -3.34. The summed E-state index contributed by atoms with van der Waals surface area (Å²) in [5, 5.41) is 0. The predicted molar refractivity (Wildman–Crippen MR) is 85.5 cm³/mol. The number of carbonyl (C=O) groups is 2. The maximum Gasteiger partial charge on any atom is 0.305 e. The van der Waals surface area contributed by atoms with Gasteiger partial charge >= 0.3 is 5.91 Å². The molecule has 23 heavy (non-hydrogen) atoms. The van der Waals surface area contributed by atoms with Crippen molar-refractivity contribution < 1.29 is 14.0 Å². The summed E-state index contributed by atoms with van der Waals surface area (Å²) in [5.74, 6) is -0.779. The van der Waals surface area contributed by atoms with Crippen molar-refractivity contribution in [3.05, 3.63) is 84.3 Å². The van der Waals surface area contributed by atoms with E-state index in [4.69, 9.17) is 4.42 Å². The van der Waals surface area contributed by atoms with E-state index in [-0.39, 0.29) is 5.76 Å². The normalized spacial score (nSPS) is 10.1. The lowest BCUT2D eigenvalue weighted by Crippen LogP contribution is -2.41. The molecule has 0 saturated carbocycles. The fraction of sp³-hybridized carbons (Fsp3) is 0. The molecule has 0 unspecified atom stereocenters. The minimum Gasteiger partial charge on any atom is -0.459 e. The zero-order chi connectivity index (χ0) is 16.1. The topological polar surface area (TPSA) is 71.3 Å². The third kappa shape index (κ3) is 3.47. The molecule has 0 aliphatic rings. The van der Waals surface area contributed by atoms with Gasteiger partial charge in [-0.2, -0.15) is 0 Å². The summed E-state index contributed by atoms with van der Waals surface area (Å²) in [7, 11) is 0. The fourth-order valence-corrected chi connectivity index (χ4v) is 2.10. The van der Waals surface area contributed by atoms with Crippen LogP contribution in [0, 0.1) is 0 Å². The summed E-state index contributed by atoms with van der Waals surface area (Å²) in [6, 6.07) is 20.1. The van der Waals surface area contributed by atoms with Gasteiger partial charge in [0.15, 0.2) is 5.76 Å². The van der Waals surface area contributed by atoms with Crippen LogP contribution in [0.3, 0.4) is 0 Å². The average Bonchev–Trinajstić information content (AvgIpc) is 3.15. The van der Waals surface area contributed by atoms with Crippen molar-refractivity contribution in [2.75, 3.05) is 0 Å². The summed E-state index contributed by atoms with van der Waals surface area (Å²) in [6.07, 6.45) is 1.39. The monoisotopic (exact) mass is 306 g/mol. The summed E-state index contributed by atoms with van der Waals surface area (Å²) < 4.78 is 4.93. The van der Waals surface area contributed by atoms with Gasteiger partial charge in [-0.15, -0.1) is 0 Å². The summed E-state index contributed by atoms with van der Waals surface area (Å²) >= 11 is 0. The molecule has 114 valence electrons. The molecular formula is C18H14N2O3. The maximum atomic E-state index is 12.0. The van der Waals surface area contributed by atoms with Gasteiger partial charge in [-0.05, 0) is 35.4 Å². The van der Waals surface area contributed by atoms with Gasteiger partial charge in [0.2, 0.25) is 0 Å². The van der Waals surface area contributed by atoms with Crippen molar-refractivity contribution in [2.45, 2.75) is 0 Å². The number of carbonyl (C=O) groups excluding carboxylic acids is 2. The van der Waals surface area contributed by atoms with E-state index in [1.165, 1.54) is 12.3 Å². The van der Waals surface area contributed by atoms with E-state index in [1.54, 1.807) is 18.2 Å². The molecule has 0 fully saturated rings. The third-order valence-corrected chi connectivity index (χ3v) is 3.29. The molecule has 0 spiro atoms.